The van der Waals surface area contributed by atoms with Crippen LogP contribution >= 0.6 is 0 Å². The van der Waals surface area contributed by atoms with Crippen molar-refractivity contribution in [1.82, 2.24) is 20.5 Å². The van der Waals surface area contributed by atoms with Crippen LogP contribution in [-0.4, -0.2) is 40.8 Å². The first-order chi connectivity index (χ1) is 7.83. The van der Waals surface area contributed by atoms with Crippen molar-refractivity contribution in [3.8, 4) is 0 Å². The molecule has 0 aliphatic heterocycles. The summed E-state index contributed by atoms with van der Waals surface area (Å²) in [5.74, 6) is 0.780. The van der Waals surface area contributed by atoms with Crippen LogP contribution in [-0.2, 0) is 16.0 Å². The molecule has 0 radical (unpaired) electrons. The van der Waals surface area contributed by atoms with Crippen LogP contribution in [0.25, 0.3) is 0 Å². The Morgan fingerprint density at radius 3 is 3.19 bits per heavy atom. The largest absolute Gasteiger partial charge is 0.372 e. The average molecular weight is 226 g/mol. The fourth-order valence-corrected chi connectivity index (χ4v) is 1.20. The third kappa shape index (κ3) is 5.45. The second kappa shape index (κ2) is 7.81. The topological polar surface area (TPSA) is 79.9 Å². The number of carbonyl (C=O) groups is 1. The minimum absolute atomic E-state index is 0.0639. The highest BCUT2D eigenvalue weighted by Crippen LogP contribution is 1.91. The molecule has 1 amide bonds. The molecule has 0 bridgehead atoms. The van der Waals surface area contributed by atoms with Gasteiger partial charge in [0.05, 0.1) is 0 Å². The molecule has 6 heteroatoms. The summed E-state index contributed by atoms with van der Waals surface area (Å²) in [5, 5.41) is 9.29. The molecule has 1 rings (SSSR count). The van der Waals surface area contributed by atoms with Gasteiger partial charge in [-0.3, -0.25) is 9.89 Å². The number of aromatic amines is 1. The number of aryl methyl sites for hydroxylation is 1. The van der Waals surface area contributed by atoms with Gasteiger partial charge in [-0.05, 0) is 12.8 Å². The molecule has 0 aliphatic rings. The van der Waals surface area contributed by atoms with Gasteiger partial charge in [-0.25, -0.2) is 4.98 Å². The van der Waals surface area contributed by atoms with E-state index in [1.165, 1.54) is 6.33 Å². The number of nitrogens with one attached hydrogen (secondary N) is 2. The zero-order chi connectivity index (χ0) is 11.6. The van der Waals surface area contributed by atoms with Crippen molar-refractivity contribution < 1.29 is 9.53 Å². The maximum Gasteiger partial charge on any atom is 0.245 e. The molecule has 0 saturated carbocycles. The summed E-state index contributed by atoms with van der Waals surface area (Å²) < 4.78 is 5.11. The van der Waals surface area contributed by atoms with Crippen LogP contribution in [0.2, 0.25) is 0 Å². The fourth-order valence-electron chi connectivity index (χ4n) is 1.20. The van der Waals surface area contributed by atoms with Gasteiger partial charge in [0.15, 0.2) is 0 Å². The Labute approximate surface area is 94.8 Å². The van der Waals surface area contributed by atoms with Crippen LogP contribution in [0.15, 0.2) is 6.33 Å². The van der Waals surface area contributed by atoms with Gasteiger partial charge in [0.1, 0.15) is 18.8 Å². The number of rotatable bonds is 8. The van der Waals surface area contributed by atoms with E-state index in [9.17, 15) is 4.79 Å². The third-order valence-electron chi connectivity index (χ3n) is 1.96. The second-order valence-corrected chi connectivity index (χ2v) is 3.44. The van der Waals surface area contributed by atoms with Crippen molar-refractivity contribution in [2.45, 2.75) is 26.2 Å². The summed E-state index contributed by atoms with van der Waals surface area (Å²) in [7, 11) is 0. The molecule has 90 valence electrons. The number of carbonyl (C=O) groups excluding carboxylic acids is 1. The van der Waals surface area contributed by atoms with Gasteiger partial charge in [-0.15, -0.1) is 0 Å². The van der Waals surface area contributed by atoms with E-state index in [-0.39, 0.29) is 12.5 Å². The molecular weight excluding hydrogens is 208 g/mol. The van der Waals surface area contributed by atoms with Gasteiger partial charge in [0, 0.05) is 19.6 Å². The Balaban J connectivity index is 1.96. The van der Waals surface area contributed by atoms with Crippen LogP contribution in [0.4, 0.5) is 0 Å². The van der Waals surface area contributed by atoms with Gasteiger partial charge in [-0.1, -0.05) is 6.92 Å². The highest BCUT2D eigenvalue weighted by atomic mass is 16.5. The lowest BCUT2D eigenvalue weighted by Crippen LogP contribution is -2.28. The molecule has 2 N–H and O–H groups in total. The maximum absolute atomic E-state index is 11.2. The van der Waals surface area contributed by atoms with E-state index in [4.69, 9.17) is 4.74 Å². The summed E-state index contributed by atoms with van der Waals surface area (Å²) in [6, 6.07) is 0. The Kier molecular flexibility index (Phi) is 6.17. The van der Waals surface area contributed by atoms with Crippen molar-refractivity contribution in [2.75, 3.05) is 19.8 Å². The first-order valence-corrected chi connectivity index (χ1v) is 5.51. The second-order valence-electron chi connectivity index (χ2n) is 3.44. The Hall–Kier alpha value is -1.43. The number of hydrogen-bond acceptors (Lipinski definition) is 4. The molecular formula is C10H18N4O2. The lowest BCUT2D eigenvalue weighted by molar-refractivity contribution is -0.125. The first kappa shape index (κ1) is 12.6. The van der Waals surface area contributed by atoms with Crippen molar-refractivity contribution >= 4 is 5.91 Å². The molecule has 1 heterocycles. The minimum atomic E-state index is -0.0639. The predicted octanol–water partition coefficient (Wildman–Crippen LogP) is 0.280. The van der Waals surface area contributed by atoms with Gasteiger partial charge < -0.3 is 10.1 Å². The zero-order valence-corrected chi connectivity index (χ0v) is 9.53. The summed E-state index contributed by atoms with van der Waals surface area (Å²) in [5.41, 5.74) is 0. The molecule has 0 aromatic carbocycles. The molecule has 0 spiro atoms. The molecule has 1 aromatic rings. The Bertz CT molecular complexity index is 287. The van der Waals surface area contributed by atoms with Crippen LogP contribution in [0.5, 0.6) is 0 Å². The van der Waals surface area contributed by atoms with Gasteiger partial charge in [-0.2, -0.15) is 5.10 Å². The van der Waals surface area contributed by atoms with E-state index in [0.717, 1.165) is 25.1 Å². The summed E-state index contributed by atoms with van der Waals surface area (Å²) >= 11 is 0. The van der Waals surface area contributed by atoms with E-state index >= 15 is 0 Å². The lowest BCUT2D eigenvalue weighted by atomic mass is 10.3. The van der Waals surface area contributed by atoms with Crippen molar-refractivity contribution in [2.24, 2.45) is 0 Å². The normalized spacial score (nSPS) is 10.3. The van der Waals surface area contributed by atoms with Crippen LogP contribution in [0.3, 0.4) is 0 Å². The summed E-state index contributed by atoms with van der Waals surface area (Å²) in [6.07, 6.45) is 4.04. The standard InChI is InChI=1S/C10H18N4O2/c1-2-6-16-7-10(15)11-5-3-4-9-12-8-13-14-9/h8H,2-7H2,1H3,(H,11,15)(H,12,13,14). The fraction of sp³-hybridized carbons (Fsp3) is 0.700. The van der Waals surface area contributed by atoms with Gasteiger partial charge in [0.25, 0.3) is 0 Å². The van der Waals surface area contributed by atoms with E-state index in [1.54, 1.807) is 0 Å². The lowest BCUT2D eigenvalue weighted by Gasteiger charge is -2.04. The number of ether oxygens (including phenoxy) is 1. The van der Waals surface area contributed by atoms with E-state index in [2.05, 4.69) is 20.5 Å². The van der Waals surface area contributed by atoms with E-state index < -0.39 is 0 Å². The Morgan fingerprint density at radius 1 is 1.62 bits per heavy atom. The SMILES string of the molecule is CCCOCC(=O)NCCCc1ncn[nH]1. The molecule has 0 fully saturated rings. The average Bonchev–Trinajstić information content (AvgIpc) is 2.78. The molecule has 0 atom stereocenters. The van der Waals surface area contributed by atoms with Crippen LogP contribution in [0, 0.1) is 0 Å². The predicted molar refractivity (Wildman–Crippen MR) is 58.8 cm³/mol. The molecule has 0 saturated heterocycles. The zero-order valence-electron chi connectivity index (χ0n) is 9.53. The van der Waals surface area contributed by atoms with Crippen molar-refractivity contribution in [3.05, 3.63) is 12.2 Å². The van der Waals surface area contributed by atoms with E-state index in [0.29, 0.717) is 13.2 Å². The summed E-state index contributed by atoms with van der Waals surface area (Å²) in [4.78, 5) is 15.2. The third-order valence-corrected chi connectivity index (χ3v) is 1.96. The highest BCUT2D eigenvalue weighted by Gasteiger charge is 2.00. The summed E-state index contributed by atoms with van der Waals surface area (Å²) in [6.45, 7) is 3.42. The molecule has 0 aliphatic carbocycles. The molecule has 1 aromatic heterocycles. The maximum atomic E-state index is 11.2. The van der Waals surface area contributed by atoms with E-state index in [1.807, 2.05) is 6.92 Å². The van der Waals surface area contributed by atoms with Crippen molar-refractivity contribution in [1.29, 1.82) is 0 Å². The van der Waals surface area contributed by atoms with Gasteiger partial charge >= 0.3 is 0 Å². The van der Waals surface area contributed by atoms with Gasteiger partial charge in [0.2, 0.25) is 5.91 Å². The number of H-pyrrole nitrogens is 1. The highest BCUT2D eigenvalue weighted by molar-refractivity contribution is 5.77. The molecule has 16 heavy (non-hydrogen) atoms. The molecule has 0 unspecified atom stereocenters. The molecule has 6 nitrogen and oxygen atoms in total. The monoisotopic (exact) mass is 226 g/mol. The first-order valence-electron chi connectivity index (χ1n) is 5.51. The number of nitrogens with zero attached hydrogens (tertiary/aromatic N) is 2. The minimum Gasteiger partial charge on any atom is -0.372 e. The number of amides is 1. The quantitative estimate of drug-likeness (QED) is 0.624. The smallest absolute Gasteiger partial charge is 0.245 e. The number of aromatic nitrogens is 3. The number of hydrogen-bond donors (Lipinski definition) is 2. The van der Waals surface area contributed by atoms with Crippen molar-refractivity contribution in [3.63, 3.8) is 0 Å². The van der Waals surface area contributed by atoms with Crippen LogP contribution < -0.4 is 5.32 Å². The Morgan fingerprint density at radius 2 is 2.50 bits per heavy atom. The van der Waals surface area contributed by atoms with Crippen LogP contribution in [0.1, 0.15) is 25.6 Å².